The molecule has 0 fully saturated rings. The lowest BCUT2D eigenvalue weighted by molar-refractivity contribution is 0.108. The van der Waals surface area contributed by atoms with Crippen molar-refractivity contribution in [2.75, 3.05) is 33.4 Å². The van der Waals surface area contributed by atoms with Gasteiger partial charge in [-0.05, 0) is 44.7 Å². The van der Waals surface area contributed by atoms with E-state index in [0.29, 0.717) is 6.54 Å². The van der Waals surface area contributed by atoms with Crippen molar-refractivity contribution in [2.45, 2.75) is 19.9 Å². The molecule has 2 rings (SSSR count). The van der Waals surface area contributed by atoms with Crippen LogP contribution in [0.4, 0.5) is 0 Å². The summed E-state index contributed by atoms with van der Waals surface area (Å²) in [6.07, 6.45) is 0. The van der Waals surface area contributed by atoms with E-state index in [2.05, 4.69) is 41.2 Å². The zero-order chi connectivity index (χ0) is 15.2. The van der Waals surface area contributed by atoms with Crippen LogP contribution < -0.4 is 5.73 Å². The Morgan fingerprint density at radius 1 is 1.29 bits per heavy atom. The van der Waals surface area contributed by atoms with Crippen LogP contribution in [0.2, 0.25) is 0 Å². The van der Waals surface area contributed by atoms with Crippen LogP contribution in [0.25, 0.3) is 10.9 Å². The second-order valence-electron chi connectivity index (χ2n) is 5.33. The minimum atomic E-state index is 0.205. The summed E-state index contributed by atoms with van der Waals surface area (Å²) in [6, 6.07) is 10.8. The van der Waals surface area contributed by atoms with E-state index in [1.54, 1.807) is 0 Å². The number of hydrogen-bond acceptors (Lipinski definition) is 4. The Balaban J connectivity index is 2.19. The largest absolute Gasteiger partial charge is 0.380 e. The molecule has 1 unspecified atom stereocenters. The van der Waals surface area contributed by atoms with Gasteiger partial charge in [0, 0.05) is 36.8 Å². The Morgan fingerprint density at radius 3 is 2.81 bits per heavy atom. The Labute approximate surface area is 126 Å². The zero-order valence-corrected chi connectivity index (χ0v) is 13.2. The topological polar surface area (TPSA) is 51.4 Å². The lowest BCUT2D eigenvalue weighted by Crippen LogP contribution is -2.33. The summed E-state index contributed by atoms with van der Waals surface area (Å²) in [4.78, 5) is 6.79. The summed E-state index contributed by atoms with van der Waals surface area (Å²) in [5.41, 5.74) is 9.29. The molecule has 0 saturated carbocycles. The van der Waals surface area contributed by atoms with E-state index in [-0.39, 0.29) is 6.04 Å². The average Bonchev–Trinajstić information content (AvgIpc) is 2.48. The number of aromatic nitrogens is 1. The predicted octanol–water partition coefficient (Wildman–Crippen LogP) is 2.51. The van der Waals surface area contributed by atoms with Crippen LogP contribution in [0, 0.1) is 6.92 Å². The SMILES string of the molecule is CCOCCN(C)C(CN)c1ccc2nc(C)ccc2c1. The van der Waals surface area contributed by atoms with E-state index in [0.717, 1.165) is 36.4 Å². The number of benzene rings is 1. The number of likely N-dealkylation sites (N-methyl/N-ethyl adjacent to an activating group) is 1. The Bertz CT molecular complexity index is 585. The number of rotatable bonds is 7. The van der Waals surface area contributed by atoms with Crippen molar-refractivity contribution in [1.29, 1.82) is 0 Å². The maximum absolute atomic E-state index is 5.98. The third-order valence-corrected chi connectivity index (χ3v) is 3.79. The Morgan fingerprint density at radius 2 is 2.10 bits per heavy atom. The summed E-state index contributed by atoms with van der Waals surface area (Å²) >= 11 is 0. The standard InChI is InChI=1S/C17H25N3O/c1-4-21-10-9-20(3)17(12-18)15-7-8-16-14(11-15)6-5-13(2)19-16/h5-8,11,17H,4,9-10,12,18H2,1-3H3. The molecule has 1 atom stereocenters. The number of aryl methyl sites for hydroxylation is 1. The minimum Gasteiger partial charge on any atom is -0.380 e. The van der Waals surface area contributed by atoms with Gasteiger partial charge in [0.15, 0.2) is 0 Å². The first kappa shape index (κ1) is 15.9. The van der Waals surface area contributed by atoms with Crippen molar-refractivity contribution >= 4 is 10.9 Å². The number of fused-ring (bicyclic) bond motifs is 1. The summed E-state index contributed by atoms with van der Waals surface area (Å²) in [5.74, 6) is 0. The molecule has 114 valence electrons. The molecule has 4 nitrogen and oxygen atoms in total. The van der Waals surface area contributed by atoms with Gasteiger partial charge in [0.25, 0.3) is 0 Å². The fourth-order valence-corrected chi connectivity index (χ4v) is 2.53. The molecule has 1 aromatic heterocycles. The maximum Gasteiger partial charge on any atom is 0.0705 e. The van der Waals surface area contributed by atoms with E-state index in [4.69, 9.17) is 10.5 Å². The van der Waals surface area contributed by atoms with E-state index in [1.165, 1.54) is 5.56 Å². The molecule has 0 bridgehead atoms. The van der Waals surface area contributed by atoms with Crippen molar-refractivity contribution in [2.24, 2.45) is 5.73 Å². The lowest BCUT2D eigenvalue weighted by Gasteiger charge is -2.27. The zero-order valence-electron chi connectivity index (χ0n) is 13.2. The van der Waals surface area contributed by atoms with E-state index in [1.807, 2.05) is 19.9 Å². The molecule has 4 heteroatoms. The molecular weight excluding hydrogens is 262 g/mol. The van der Waals surface area contributed by atoms with E-state index < -0.39 is 0 Å². The van der Waals surface area contributed by atoms with Gasteiger partial charge in [0.05, 0.1) is 12.1 Å². The Hall–Kier alpha value is -1.49. The van der Waals surface area contributed by atoms with Crippen LogP contribution in [0.5, 0.6) is 0 Å². The van der Waals surface area contributed by atoms with E-state index in [9.17, 15) is 0 Å². The summed E-state index contributed by atoms with van der Waals surface area (Å²) in [5, 5.41) is 1.16. The molecule has 0 radical (unpaired) electrons. The molecule has 2 N–H and O–H groups in total. The van der Waals surface area contributed by atoms with Gasteiger partial charge < -0.3 is 10.5 Å². The third kappa shape index (κ3) is 4.00. The van der Waals surface area contributed by atoms with Crippen molar-refractivity contribution in [1.82, 2.24) is 9.88 Å². The normalized spacial score (nSPS) is 13.0. The molecule has 2 aromatic rings. The molecule has 0 aliphatic rings. The molecule has 0 aliphatic heterocycles. The fourth-order valence-electron chi connectivity index (χ4n) is 2.53. The summed E-state index contributed by atoms with van der Waals surface area (Å²) < 4.78 is 5.43. The highest BCUT2D eigenvalue weighted by Crippen LogP contribution is 2.22. The van der Waals surface area contributed by atoms with Crippen molar-refractivity contribution in [3.8, 4) is 0 Å². The smallest absolute Gasteiger partial charge is 0.0705 e. The first-order valence-electron chi connectivity index (χ1n) is 7.51. The second-order valence-corrected chi connectivity index (χ2v) is 5.33. The molecule has 1 heterocycles. The summed E-state index contributed by atoms with van der Waals surface area (Å²) in [6.45, 7) is 6.98. The van der Waals surface area contributed by atoms with Crippen LogP contribution in [0.1, 0.15) is 24.2 Å². The number of pyridine rings is 1. The van der Waals surface area contributed by atoms with Gasteiger partial charge in [0.2, 0.25) is 0 Å². The molecule has 0 amide bonds. The molecular formula is C17H25N3O. The first-order chi connectivity index (χ1) is 10.2. The van der Waals surface area contributed by atoms with Gasteiger partial charge in [-0.2, -0.15) is 0 Å². The highest BCUT2D eigenvalue weighted by atomic mass is 16.5. The first-order valence-corrected chi connectivity index (χ1v) is 7.51. The second kappa shape index (κ2) is 7.50. The summed E-state index contributed by atoms with van der Waals surface area (Å²) in [7, 11) is 2.09. The van der Waals surface area contributed by atoms with Gasteiger partial charge in [-0.25, -0.2) is 0 Å². The molecule has 21 heavy (non-hydrogen) atoms. The predicted molar refractivity (Wildman–Crippen MR) is 87.4 cm³/mol. The van der Waals surface area contributed by atoms with Crippen LogP contribution in [-0.4, -0.2) is 43.2 Å². The van der Waals surface area contributed by atoms with Gasteiger partial charge in [-0.15, -0.1) is 0 Å². The van der Waals surface area contributed by atoms with Gasteiger partial charge in [-0.3, -0.25) is 9.88 Å². The van der Waals surface area contributed by atoms with Gasteiger partial charge in [-0.1, -0.05) is 12.1 Å². The van der Waals surface area contributed by atoms with Crippen LogP contribution >= 0.6 is 0 Å². The van der Waals surface area contributed by atoms with Crippen LogP contribution in [0.3, 0.4) is 0 Å². The Kier molecular flexibility index (Phi) is 5.67. The van der Waals surface area contributed by atoms with Crippen molar-refractivity contribution in [3.05, 3.63) is 41.6 Å². The lowest BCUT2D eigenvalue weighted by atomic mass is 10.0. The average molecular weight is 287 g/mol. The highest BCUT2D eigenvalue weighted by molar-refractivity contribution is 5.79. The maximum atomic E-state index is 5.98. The number of nitrogens with zero attached hydrogens (tertiary/aromatic N) is 2. The monoisotopic (exact) mass is 287 g/mol. The highest BCUT2D eigenvalue weighted by Gasteiger charge is 2.15. The van der Waals surface area contributed by atoms with Crippen molar-refractivity contribution < 1.29 is 4.74 Å². The quantitative estimate of drug-likeness (QED) is 0.795. The molecule has 1 aromatic carbocycles. The fraction of sp³-hybridized carbons (Fsp3) is 0.471. The number of hydrogen-bond donors (Lipinski definition) is 1. The molecule has 0 aliphatic carbocycles. The van der Waals surface area contributed by atoms with Gasteiger partial charge >= 0.3 is 0 Å². The molecule has 0 spiro atoms. The van der Waals surface area contributed by atoms with E-state index >= 15 is 0 Å². The number of nitrogens with two attached hydrogens (primary N) is 1. The third-order valence-electron chi connectivity index (χ3n) is 3.79. The van der Waals surface area contributed by atoms with Crippen LogP contribution in [-0.2, 0) is 4.74 Å². The number of ether oxygens (including phenoxy) is 1. The minimum absolute atomic E-state index is 0.205. The van der Waals surface area contributed by atoms with Crippen LogP contribution in [0.15, 0.2) is 30.3 Å². The van der Waals surface area contributed by atoms with Gasteiger partial charge in [0.1, 0.15) is 0 Å². The molecule has 0 saturated heterocycles. The van der Waals surface area contributed by atoms with Crippen molar-refractivity contribution in [3.63, 3.8) is 0 Å².